The summed E-state index contributed by atoms with van der Waals surface area (Å²) in [4.78, 5) is 15.0. The molecule has 12 heavy (non-hydrogen) atoms. The van der Waals surface area contributed by atoms with E-state index in [0.29, 0.717) is 5.75 Å². The molecule has 0 amide bonds. The van der Waals surface area contributed by atoms with Gasteiger partial charge in [0.15, 0.2) is 22.0 Å². The number of carbonyl (C=O) groups is 1. The maximum atomic E-state index is 10.4. The number of benzene rings is 1. The lowest BCUT2D eigenvalue weighted by molar-refractivity contribution is -0.0653. The van der Waals surface area contributed by atoms with E-state index in [9.17, 15) is 4.79 Å². The first-order valence-corrected chi connectivity index (χ1v) is 3.67. The molecule has 0 aliphatic rings. The van der Waals surface area contributed by atoms with Crippen LogP contribution in [0.3, 0.4) is 0 Å². The van der Waals surface area contributed by atoms with E-state index in [2.05, 4.69) is 25.1 Å². The normalized spacial score (nSPS) is 9.42. The number of carboxylic acid groups (broad SMARTS) is 1. The van der Waals surface area contributed by atoms with Crippen molar-refractivity contribution in [2.75, 3.05) is 0 Å². The summed E-state index contributed by atoms with van der Waals surface area (Å²) >= 11 is 2.58. The predicted octanol–water partition coefficient (Wildman–Crippen LogP) is 2.01. The van der Waals surface area contributed by atoms with Crippen LogP contribution < -0.4 is 4.89 Å². The fraction of sp³-hybridized carbons (Fsp3) is 0. The molecule has 64 valence electrons. The molecule has 0 bridgehead atoms. The number of rotatable bonds is 3. The molecule has 0 radical (unpaired) electrons. The first kappa shape index (κ1) is 9.02. The van der Waals surface area contributed by atoms with Crippen molar-refractivity contribution in [1.29, 1.82) is 0 Å². The minimum absolute atomic E-state index is 0.150. The molecule has 0 aliphatic heterocycles. The molecular formula is C7H5BrO4. The molecule has 1 aromatic carbocycles. The van der Waals surface area contributed by atoms with Crippen molar-refractivity contribution in [3.8, 4) is 5.75 Å². The highest BCUT2D eigenvalue weighted by molar-refractivity contribution is 9.05. The molecule has 0 saturated carbocycles. The highest BCUT2D eigenvalue weighted by Gasteiger charge is 2.03. The van der Waals surface area contributed by atoms with Crippen LogP contribution in [0.4, 0.5) is 0 Å². The Morgan fingerprint density at radius 1 is 1.50 bits per heavy atom. The van der Waals surface area contributed by atoms with Gasteiger partial charge in [-0.15, -0.1) is 3.98 Å². The van der Waals surface area contributed by atoms with Gasteiger partial charge in [0.2, 0.25) is 0 Å². The first-order chi connectivity index (χ1) is 5.74. The summed E-state index contributed by atoms with van der Waals surface area (Å²) < 4.78 is 4.18. The van der Waals surface area contributed by atoms with E-state index in [1.54, 1.807) is 12.1 Å². The molecule has 0 aliphatic carbocycles. The Kier molecular flexibility index (Phi) is 3.07. The zero-order valence-electron chi connectivity index (χ0n) is 5.86. The van der Waals surface area contributed by atoms with Crippen LogP contribution in [-0.4, -0.2) is 11.1 Å². The van der Waals surface area contributed by atoms with Crippen LogP contribution in [0.2, 0.25) is 0 Å². The van der Waals surface area contributed by atoms with Gasteiger partial charge in [-0.05, 0) is 18.2 Å². The Hall–Kier alpha value is -1.07. The Balaban J connectivity index is 2.88. The second kappa shape index (κ2) is 4.08. The smallest absolute Gasteiger partial charge is 0.335 e. The topological polar surface area (TPSA) is 55.8 Å². The summed E-state index contributed by atoms with van der Waals surface area (Å²) in [6, 6.07) is 5.95. The lowest BCUT2D eigenvalue weighted by Gasteiger charge is -1.99. The molecule has 1 rings (SSSR count). The molecule has 0 heterocycles. The quantitative estimate of drug-likeness (QED) is 0.640. The Morgan fingerprint density at radius 3 is 2.83 bits per heavy atom. The third kappa shape index (κ3) is 2.21. The van der Waals surface area contributed by atoms with Gasteiger partial charge in [-0.2, -0.15) is 0 Å². The van der Waals surface area contributed by atoms with Gasteiger partial charge in [0, 0.05) is 0 Å². The van der Waals surface area contributed by atoms with Crippen molar-refractivity contribution in [1.82, 2.24) is 0 Å². The van der Waals surface area contributed by atoms with Gasteiger partial charge >= 0.3 is 5.97 Å². The van der Waals surface area contributed by atoms with Crippen LogP contribution in [0.15, 0.2) is 24.3 Å². The van der Waals surface area contributed by atoms with Gasteiger partial charge in [0.1, 0.15) is 0 Å². The average molecular weight is 233 g/mol. The maximum Gasteiger partial charge on any atom is 0.335 e. The van der Waals surface area contributed by atoms with Crippen molar-refractivity contribution in [3.05, 3.63) is 29.8 Å². The Labute approximate surface area is 77.1 Å². The number of carboxylic acids is 1. The maximum absolute atomic E-state index is 10.4. The van der Waals surface area contributed by atoms with E-state index < -0.39 is 5.97 Å². The van der Waals surface area contributed by atoms with Crippen molar-refractivity contribution in [2.45, 2.75) is 0 Å². The summed E-state index contributed by atoms with van der Waals surface area (Å²) in [6.45, 7) is 0. The molecular weight excluding hydrogens is 228 g/mol. The second-order valence-corrected chi connectivity index (χ2v) is 2.24. The van der Waals surface area contributed by atoms with Crippen LogP contribution in [0.25, 0.3) is 0 Å². The number of hydrogen-bond acceptors (Lipinski definition) is 3. The number of halogens is 1. The van der Waals surface area contributed by atoms with Crippen molar-refractivity contribution < 1.29 is 18.8 Å². The minimum atomic E-state index is -1.00. The van der Waals surface area contributed by atoms with Crippen molar-refractivity contribution in [2.24, 2.45) is 0 Å². The molecule has 0 unspecified atom stereocenters. The van der Waals surface area contributed by atoms with Gasteiger partial charge in [0.05, 0.1) is 5.56 Å². The second-order valence-electron chi connectivity index (χ2n) is 1.98. The SMILES string of the molecule is O=C(O)c1cccc(OOBr)c1. The van der Waals surface area contributed by atoms with Crippen LogP contribution in [0.5, 0.6) is 5.75 Å². The lowest BCUT2D eigenvalue weighted by Crippen LogP contribution is -1.96. The van der Waals surface area contributed by atoms with Gasteiger partial charge in [-0.1, -0.05) is 6.07 Å². The Morgan fingerprint density at radius 2 is 2.25 bits per heavy atom. The summed E-state index contributed by atoms with van der Waals surface area (Å²) in [7, 11) is 0. The van der Waals surface area contributed by atoms with E-state index in [0.717, 1.165) is 0 Å². The number of hydrogen-bond donors (Lipinski definition) is 1. The van der Waals surface area contributed by atoms with E-state index in [1.807, 2.05) is 0 Å². The largest absolute Gasteiger partial charge is 0.478 e. The summed E-state index contributed by atoms with van der Waals surface area (Å²) in [6.07, 6.45) is 0. The van der Waals surface area contributed by atoms with E-state index >= 15 is 0 Å². The molecule has 5 heteroatoms. The first-order valence-electron chi connectivity index (χ1n) is 3.02. The minimum Gasteiger partial charge on any atom is -0.478 e. The molecule has 1 N–H and O–H groups in total. The summed E-state index contributed by atoms with van der Waals surface area (Å²) in [5.74, 6) is -0.679. The third-order valence-electron chi connectivity index (χ3n) is 1.21. The summed E-state index contributed by atoms with van der Waals surface area (Å²) in [5, 5.41) is 8.57. The molecule has 1 aromatic rings. The highest BCUT2D eigenvalue weighted by atomic mass is 79.9. The van der Waals surface area contributed by atoms with Crippen LogP contribution in [-0.2, 0) is 3.98 Å². The molecule has 0 fully saturated rings. The molecule has 0 aromatic heterocycles. The van der Waals surface area contributed by atoms with E-state index in [1.165, 1.54) is 12.1 Å². The predicted molar refractivity (Wildman–Crippen MR) is 44.0 cm³/mol. The van der Waals surface area contributed by atoms with Crippen LogP contribution >= 0.6 is 16.3 Å². The van der Waals surface area contributed by atoms with Gasteiger partial charge in [-0.25, -0.2) is 4.79 Å². The molecule has 0 atom stereocenters. The molecule has 0 saturated heterocycles. The average Bonchev–Trinajstić information content (AvgIpc) is 2.05. The molecule has 4 nitrogen and oxygen atoms in total. The monoisotopic (exact) mass is 232 g/mol. The third-order valence-corrected chi connectivity index (χ3v) is 1.34. The summed E-state index contributed by atoms with van der Waals surface area (Å²) in [5.41, 5.74) is 0.150. The van der Waals surface area contributed by atoms with Gasteiger partial charge in [0.25, 0.3) is 0 Å². The highest BCUT2D eigenvalue weighted by Crippen LogP contribution is 2.14. The van der Waals surface area contributed by atoms with Gasteiger partial charge < -0.3 is 9.99 Å². The molecule has 0 spiro atoms. The fourth-order valence-electron chi connectivity index (χ4n) is 0.717. The van der Waals surface area contributed by atoms with E-state index in [4.69, 9.17) is 5.11 Å². The van der Waals surface area contributed by atoms with Gasteiger partial charge in [-0.3, -0.25) is 0 Å². The fourth-order valence-corrected chi connectivity index (χ4v) is 0.870. The van der Waals surface area contributed by atoms with Crippen molar-refractivity contribution >= 4 is 22.2 Å². The van der Waals surface area contributed by atoms with E-state index in [-0.39, 0.29) is 5.56 Å². The van der Waals surface area contributed by atoms with Crippen LogP contribution in [0.1, 0.15) is 10.4 Å². The lowest BCUT2D eigenvalue weighted by atomic mass is 10.2. The van der Waals surface area contributed by atoms with Crippen molar-refractivity contribution in [3.63, 3.8) is 0 Å². The zero-order valence-corrected chi connectivity index (χ0v) is 7.45. The number of aromatic carboxylic acids is 1. The standard InChI is InChI=1S/C7H5BrO4/c8-12-11-6-3-1-2-5(4-6)7(9)10/h1-4H,(H,9,10). The van der Waals surface area contributed by atoms with Crippen LogP contribution in [0, 0.1) is 0 Å². The Bertz CT molecular complexity index is 286. The zero-order chi connectivity index (χ0) is 8.97.